The van der Waals surface area contributed by atoms with Gasteiger partial charge in [0.25, 0.3) is 0 Å². The molecule has 2 heterocycles. The van der Waals surface area contributed by atoms with Gasteiger partial charge in [-0.3, -0.25) is 0 Å². The topological polar surface area (TPSA) is 66.5 Å². The molecule has 0 unspecified atom stereocenters. The third kappa shape index (κ3) is 3.86. The number of nitrogens with two attached hydrogens (primary N) is 1. The molecular weight excluding hydrogens is 262 g/mol. The molecule has 2 fully saturated rings. The van der Waals surface area contributed by atoms with Crippen LogP contribution in [0.5, 0.6) is 0 Å². The summed E-state index contributed by atoms with van der Waals surface area (Å²) in [6.07, 6.45) is 8.41. The highest BCUT2D eigenvalue weighted by molar-refractivity contribution is 5.77. The lowest BCUT2D eigenvalue weighted by atomic mass is 9.85. The minimum absolute atomic E-state index is 0.557. The van der Waals surface area contributed by atoms with Crippen molar-refractivity contribution in [2.75, 3.05) is 24.5 Å². The molecule has 3 rings (SSSR count). The Morgan fingerprint density at radius 1 is 1.33 bits per heavy atom. The molecule has 3 N–H and O–H groups in total. The maximum atomic E-state index is 5.92. The summed E-state index contributed by atoms with van der Waals surface area (Å²) >= 11 is 0. The molecule has 0 radical (unpaired) electrons. The number of guanidine groups is 1. The molecule has 114 valence electrons. The van der Waals surface area contributed by atoms with Crippen LogP contribution in [0.4, 0.5) is 5.82 Å². The molecule has 21 heavy (non-hydrogen) atoms. The fraction of sp³-hybridized carbons (Fsp3) is 0.625. The van der Waals surface area contributed by atoms with Crippen LogP contribution in [0.25, 0.3) is 0 Å². The van der Waals surface area contributed by atoms with E-state index in [1.165, 1.54) is 37.7 Å². The normalized spacial score (nSPS) is 19.6. The largest absolute Gasteiger partial charge is 0.370 e. The number of aliphatic imine (C=N–C) groups is 1. The summed E-state index contributed by atoms with van der Waals surface area (Å²) in [5.74, 6) is 2.42. The van der Waals surface area contributed by atoms with Gasteiger partial charge in [-0.15, -0.1) is 0 Å². The number of anilines is 1. The zero-order valence-electron chi connectivity index (χ0n) is 12.6. The second-order valence-electron chi connectivity index (χ2n) is 6.10. The van der Waals surface area contributed by atoms with Gasteiger partial charge in [-0.25, -0.2) is 9.98 Å². The summed E-state index contributed by atoms with van der Waals surface area (Å²) in [6, 6.07) is 4.15. The summed E-state index contributed by atoms with van der Waals surface area (Å²) in [5.41, 5.74) is 7.09. The summed E-state index contributed by atoms with van der Waals surface area (Å²) in [6.45, 7) is 3.81. The van der Waals surface area contributed by atoms with Crippen LogP contribution in [0.2, 0.25) is 0 Å². The average Bonchev–Trinajstić information content (AvgIpc) is 2.98. The van der Waals surface area contributed by atoms with E-state index in [4.69, 9.17) is 5.73 Å². The lowest BCUT2D eigenvalue weighted by Gasteiger charge is -2.25. The summed E-state index contributed by atoms with van der Waals surface area (Å²) in [5, 5.41) is 3.23. The molecule has 1 saturated heterocycles. The van der Waals surface area contributed by atoms with Gasteiger partial charge in [-0.05, 0) is 49.3 Å². The van der Waals surface area contributed by atoms with Crippen molar-refractivity contribution in [2.24, 2.45) is 16.6 Å². The van der Waals surface area contributed by atoms with E-state index in [9.17, 15) is 0 Å². The van der Waals surface area contributed by atoms with E-state index in [0.717, 1.165) is 31.4 Å². The van der Waals surface area contributed by atoms with Gasteiger partial charge in [-0.1, -0.05) is 6.42 Å². The average molecular weight is 287 g/mol. The first-order valence-electron chi connectivity index (χ1n) is 8.05. The minimum atomic E-state index is 0.557. The zero-order chi connectivity index (χ0) is 14.5. The number of hydrogen-bond acceptors (Lipinski definition) is 3. The predicted molar refractivity (Wildman–Crippen MR) is 86.4 cm³/mol. The molecule has 1 aliphatic carbocycles. The van der Waals surface area contributed by atoms with E-state index in [1.807, 2.05) is 12.3 Å². The van der Waals surface area contributed by atoms with Crippen LogP contribution < -0.4 is 16.0 Å². The monoisotopic (exact) mass is 287 g/mol. The number of pyridine rings is 1. The van der Waals surface area contributed by atoms with Crippen LogP contribution in [0, 0.1) is 5.92 Å². The number of nitrogens with zero attached hydrogens (tertiary/aromatic N) is 3. The summed E-state index contributed by atoms with van der Waals surface area (Å²) in [7, 11) is 0. The van der Waals surface area contributed by atoms with Crippen LogP contribution in [0.3, 0.4) is 0 Å². The molecule has 0 aromatic carbocycles. The molecular formula is C16H25N5. The molecule has 0 bridgehead atoms. The van der Waals surface area contributed by atoms with Crippen molar-refractivity contribution >= 4 is 11.8 Å². The Bertz CT molecular complexity index is 489. The molecule has 5 heteroatoms. The molecule has 0 atom stereocenters. The Labute approximate surface area is 126 Å². The highest BCUT2D eigenvalue weighted by Gasteiger charge is 2.17. The second kappa shape index (κ2) is 6.78. The fourth-order valence-corrected chi connectivity index (χ4v) is 2.86. The maximum absolute atomic E-state index is 5.92. The highest BCUT2D eigenvalue weighted by Crippen LogP contribution is 2.25. The molecule has 0 spiro atoms. The van der Waals surface area contributed by atoms with Gasteiger partial charge in [-0.2, -0.15) is 0 Å². The molecule has 0 amide bonds. The van der Waals surface area contributed by atoms with Gasteiger partial charge in [0.15, 0.2) is 5.96 Å². The fourth-order valence-electron chi connectivity index (χ4n) is 2.86. The van der Waals surface area contributed by atoms with Gasteiger partial charge in [0, 0.05) is 25.8 Å². The smallest absolute Gasteiger partial charge is 0.188 e. The van der Waals surface area contributed by atoms with E-state index >= 15 is 0 Å². The SMILES string of the molecule is NC(=NCc1ccnc(N2CCCC2)c1)NCC1CCC1. The molecule has 1 aromatic rings. The summed E-state index contributed by atoms with van der Waals surface area (Å²) < 4.78 is 0. The van der Waals surface area contributed by atoms with E-state index in [1.54, 1.807) is 0 Å². The Balaban J connectivity index is 1.52. The van der Waals surface area contributed by atoms with Gasteiger partial charge in [0.05, 0.1) is 6.54 Å². The number of aromatic nitrogens is 1. The quantitative estimate of drug-likeness (QED) is 0.641. The third-order valence-electron chi connectivity index (χ3n) is 4.47. The molecule has 1 aliphatic heterocycles. The van der Waals surface area contributed by atoms with Gasteiger partial charge in [0.1, 0.15) is 5.82 Å². The first kappa shape index (κ1) is 14.2. The highest BCUT2D eigenvalue weighted by atomic mass is 15.2. The number of rotatable bonds is 5. The summed E-state index contributed by atoms with van der Waals surface area (Å²) in [4.78, 5) is 11.2. The van der Waals surface area contributed by atoms with Crippen molar-refractivity contribution in [2.45, 2.75) is 38.6 Å². The van der Waals surface area contributed by atoms with Crippen LogP contribution in [-0.4, -0.2) is 30.6 Å². The number of nitrogens with one attached hydrogen (secondary N) is 1. The maximum Gasteiger partial charge on any atom is 0.188 e. The Hall–Kier alpha value is -1.78. The predicted octanol–water partition coefficient (Wildman–Crippen LogP) is 1.89. The van der Waals surface area contributed by atoms with Crippen LogP contribution in [-0.2, 0) is 6.54 Å². The van der Waals surface area contributed by atoms with Gasteiger partial charge < -0.3 is 16.0 Å². The minimum Gasteiger partial charge on any atom is -0.370 e. The van der Waals surface area contributed by atoms with Crippen molar-refractivity contribution in [3.05, 3.63) is 23.9 Å². The second-order valence-corrected chi connectivity index (χ2v) is 6.10. The van der Waals surface area contributed by atoms with Crippen LogP contribution >= 0.6 is 0 Å². The van der Waals surface area contributed by atoms with Crippen molar-refractivity contribution in [1.29, 1.82) is 0 Å². The van der Waals surface area contributed by atoms with Crippen molar-refractivity contribution in [3.8, 4) is 0 Å². The first-order chi connectivity index (χ1) is 10.3. The lowest BCUT2D eigenvalue weighted by molar-refractivity contribution is 0.315. The van der Waals surface area contributed by atoms with Gasteiger partial charge in [0.2, 0.25) is 0 Å². The number of hydrogen-bond donors (Lipinski definition) is 2. The lowest BCUT2D eigenvalue weighted by Crippen LogP contribution is -2.37. The molecule has 2 aliphatic rings. The van der Waals surface area contributed by atoms with Crippen LogP contribution in [0.15, 0.2) is 23.3 Å². The van der Waals surface area contributed by atoms with E-state index in [0.29, 0.717) is 12.5 Å². The van der Waals surface area contributed by atoms with E-state index in [-0.39, 0.29) is 0 Å². The third-order valence-corrected chi connectivity index (χ3v) is 4.47. The van der Waals surface area contributed by atoms with Crippen molar-refractivity contribution in [1.82, 2.24) is 10.3 Å². The molecule has 1 aromatic heterocycles. The Morgan fingerprint density at radius 3 is 2.86 bits per heavy atom. The van der Waals surface area contributed by atoms with E-state index in [2.05, 4.69) is 26.3 Å². The van der Waals surface area contributed by atoms with Crippen LogP contribution in [0.1, 0.15) is 37.7 Å². The van der Waals surface area contributed by atoms with E-state index < -0.39 is 0 Å². The molecule has 5 nitrogen and oxygen atoms in total. The Kier molecular flexibility index (Phi) is 4.58. The van der Waals surface area contributed by atoms with Crippen molar-refractivity contribution in [3.63, 3.8) is 0 Å². The first-order valence-corrected chi connectivity index (χ1v) is 8.05. The zero-order valence-corrected chi connectivity index (χ0v) is 12.6. The molecule has 1 saturated carbocycles. The van der Waals surface area contributed by atoms with Crippen molar-refractivity contribution < 1.29 is 0 Å². The Morgan fingerprint density at radius 2 is 2.14 bits per heavy atom. The standard InChI is InChI=1S/C16H25N5/c17-16(19-11-13-4-3-5-13)20-12-14-6-7-18-15(10-14)21-8-1-2-9-21/h6-7,10,13H,1-5,8-9,11-12H2,(H3,17,19,20). The van der Waals surface area contributed by atoms with Gasteiger partial charge >= 0.3 is 0 Å².